The molecule has 4 rings (SSSR count). The van der Waals surface area contributed by atoms with Crippen LogP contribution < -0.4 is 0 Å². The molecule has 0 aliphatic carbocycles. The van der Waals surface area contributed by atoms with Gasteiger partial charge in [-0.05, 0) is 31.2 Å². The van der Waals surface area contributed by atoms with Gasteiger partial charge in [0.05, 0.1) is 18.3 Å². The van der Waals surface area contributed by atoms with Gasteiger partial charge in [-0.3, -0.25) is 4.79 Å². The van der Waals surface area contributed by atoms with Crippen LogP contribution in [0.4, 0.5) is 0 Å². The Labute approximate surface area is 166 Å². The predicted octanol–water partition coefficient (Wildman–Crippen LogP) is 3.49. The van der Waals surface area contributed by atoms with Crippen molar-refractivity contribution in [2.75, 3.05) is 6.61 Å². The van der Waals surface area contributed by atoms with Gasteiger partial charge >= 0.3 is 0 Å². The second-order valence-electron chi connectivity index (χ2n) is 9.12. The Morgan fingerprint density at radius 2 is 1.79 bits per heavy atom. The van der Waals surface area contributed by atoms with E-state index in [4.69, 9.17) is 4.74 Å². The quantitative estimate of drug-likeness (QED) is 0.794. The van der Waals surface area contributed by atoms with Gasteiger partial charge in [-0.15, -0.1) is 5.10 Å². The first kappa shape index (κ1) is 19.1. The molecule has 2 fully saturated rings. The zero-order valence-corrected chi connectivity index (χ0v) is 17.0. The maximum absolute atomic E-state index is 12.8. The standard InChI is InChI=1S/C22H30N4O2/c1-22(2,3)20-13-25(24-23-20)19-11-17-9-10-18(12-19)26(17)21(27)15-28-14-16-7-5-4-6-8-16/h4-8,13,17-19H,9-12,14-15H2,1-3H3. The number of hydrogen-bond donors (Lipinski definition) is 0. The molecule has 0 saturated carbocycles. The molecule has 150 valence electrons. The van der Waals surface area contributed by atoms with Crippen molar-refractivity contribution < 1.29 is 9.53 Å². The lowest BCUT2D eigenvalue weighted by atomic mass is 9.93. The molecule has 0 N–H and O–H groups in total. The van der Waals surface area contributed by atoms with Gasteiger partial charge in [-0.1, -0.05) is 56.3 Å². The van der Waals surface area contributed by atoms with Gasteiger partial charge < -0.3 is 9.64 Å². The van der Waals surface area contributed by atoms with Crippen molar-refractivity contribution in [3.63, 3.8) is 0 Å². The molecular formula is C22H30N4O2. The maximum atomic E-state index is 12.8. The summed E-state index contributed by atoms with van der Waals surface area (Å²) in [6, 6.07) is 10.9. The Morgan fingerprint density at radius 1 is 1.11 bits per heavy atom. The lowest BCUT2D eigenvalue weighted by Crippen LogP contribution is -2.48. The first-order valence-corrected chi connectivity index (χ1v) is 10.3. The summed E-state index contributed by atoms with van der Waals surface area (Å²) < 4.78 is 7.72. The molecule has 1 aromatic carbocycles. The maximum Gasteiger partial charge on any atom is 0.249 e. The van der Waals surface area contributed by atoms with E-state index >= 15 is 0 Å². The second kappa shape index (κ2) is 7.66. The lowest BCUT2D eigenvalue weighted by Gasteiger charge is -2.38. The summed E-state index contributed by atoms with van der Waals surface area (Å²) in [5.74, 6) is 0.121. The van der Waals surface area contributed by atoms with E-state index in [1.807, 2.05) is 35.0 Å². The normalized spacial score (nSPS) is 24.5. The summed E-state index contributed by atoms with van der Waals surface area (Å²) in [6.45, 7) is 7.10. The van der Waals surface area contributed by atoms with Crippen molar-refractivity contribution in [3.05, 3.63) is 47.8 Å². The van der Waals surface area contributed by atoms with Gasteiger partial charge in [0.25, 0.3) is 0 Å². The molecule has 0 radical (unpaired) electrons. The monoisotopic (exact) mass is 382 g/mol. The van der Waals surface area contributed by atoms with Gasteiger partial charge in [-0.2, -0.15) is 0 Å². The van der Waals surface area contributed by atoms with Crippen LogP contribution in [0.1, 0.15) is 63.8 Å². The number of carbonyl (C=O) groups is 1. The molecule has 28 heavy (non-hydrogen) atoms. The summed E-state index contributed by atoms with van der Waals surface area (Å²) in [5, 5.41) is 8.76. The van der Waals surface area contributed by atoms with Crippen molar-refractivity contribution in [1.82, 2.24) is 19.9 Å². The fourth-order valence-electron chi connectivity index (χ4n) is 4.48. The molecule has 0 spiro atoms. The number of fused-ring (bicyclic) bond motifs is 2. The summed E-state index contributed by atoms with van der Waals surface area (Å²) in [6.07, 6.45) is 6.14. The summed E-state index contributed by atoms with van der Waals surface area (Å²) in [7, 11) is 0. The average molecular weight is 383 g/mol. The highest BCUT2D eigenvalue weighted by atomic mass is 16.5. The summed E-state index contributed by atoms with van der Waals surface area (Å²) >= 11 is 0. The average Bonchev–Trinajstić information content (AvgIpc) is 3.26. The zero-order valence-electron chi connectivity index (χ0n) is 17.0. The third-order valence-electron chi connectivity index (χ3n) is 5.99. The molecule has 6 nitrogen and oxygen atoms in total. The van der Waals surface area contributed by atoms with Crippen LogP contribution in [0, 0.1) is 0 Å². The third kappa shape index (κ3) is 3.97. The highest BCUT2D eigenvalue weighted by Crippen LogP contribution is 2.40. The van der Waals surface area contributed by atoms with Crippen LogP contribution >= 0.6 is 0 Å². The molecule has 3 heterocycles. The predicted molar refractivity (Wildman–Crippen MR) is 107 cm³/mol. The minimum atomic E-state index is 0.00396. The van der Waals surface area contributed by atoms with Gasteiger partial charge in [0.1, 0.15) is 6.61 Å². The van der Waals surface area contributed by atoms with Crippen LogP contribution in [0.2, 0.25) is 0 Å². The minimum absolute atomic E-state index is 0.00396. The molecule has 2 atom stereocenters. The largest absolute Gasteiger partial charge is 0.367 e. The summed E-state index contributed by atoms with van der Waals surface area (Å²) in [5.41, 5.74) is 2.12. The van der Waals surface area contributed by atoms with E-state index in [2.05, 4.69) is 42.2 Å². The molecule has 2 aliphatic heterocycles. The van der Waals surface area contributed by atoms with E-state index in [9.17, 15) is 4.79 Å². The SMILES string of the molecule is CC(C)(C)c1cn(C2CC3CCC(C2)N3C(=O)COCc2ccccc2)nn1. The number of ether oxygens (including phenoxy) is 1. The van der Waals surface area contributed by atoms with Crippen LogP contribution in [0.3, 0.4) is 0 Å². The Morgan fingerprint density at radius 3 is 2.39 bits per heavy atom. The Kier molecular flexibility index (Phi) is 5.23. The molecule has 2 saturated heterocycles. The first-order chi connectivity index (χ1) is 13.4. The number of amides is 1. The number of hydrogen-bond acceptors (Lipinski definition) is 4. The van der Waals surface area contributed by atoms with Crippen molar-refractivity contribution >= 4 is 5.91 Å². The van der Waals surface area contributed by atoms with Crippen molar-refractivity contribution in [2.45, 2.75) is 76.6 Å². The molecule has 2 bridgehead atoms. The number of piperidine rings is 1. The van der Waals surface area contributed by atoms with E-state index in [0.29, 0.717) is 24.7 Å². The number of nitrogens with zero attached hydrogens (tertiary/aromatic N) is 4. The smallest absolute Gasteiger partial charge is 0.249 e. The molecule has 2 unspecified atom stereocenters. The van der Waals surface area contributed by atoms with E-state index in [-0.39, 0.29) is 17.9 Å². The van der Waals surface area contributed by atoms with Crippen LogP contribution in [-0.4, -0.2) is 44.5 Å². The van der Waals surface area contributed by atoms with Crippen LogP contribution in [0.25, 0.3) is 0 Å². The van der Waals surface area contributed by atoms with Crippen LogP contribution in [0.5, 0.6) is 0 Å². The topological polar surface area (TPSA) is 60.2 Å². The van der Waals surface area contributed by atoms with Crippen molar-refractivity contribution in [1.29, 1.82) is 0 Å². The van der Waals surface area contributed by atoms with Crippen LogP contribution in [0.15, 0.2) is 36.5 Å². The third-order valence-corrected chi connectivity index (χ3v) is 5.99. The Bertz CT molecular complexity index is 797. The Balaban J connectivity index is 1.34. The fourth-order valence-corrected chi connectivity index (χ4v) is 4.48. The highest BCUT2D eigenvalue weighted by Gasteiger charge is 2.44. The highest BCUT2D eigenvalue weighted by molar-refractivity contribution is 5.78. The number of carbonyl (C=O) groups excluding carboxylic acids is 1. The van der Waals surface area contributed by atoms with Gasteiger partial charge in [0.15, 0.2) is 0 Å². The summed E-state index contributed by atoms with van der Waals surface area (Å²) in [4.78, 5) is 14.9. The number of benzene rings is 1. The molecule has 2 aliphatic rings. The van der Waals surface area contributed by atoms with E-state index in [0.717, 1.165) is 36.9 Å². The molecule has 1 amide bonds. The van der Waals surface area contributed by atoms with Crippen molar-refractivity contribution in [2.24, 2.45) is 0 Å². The van der Waals surface area contributed by atoms with Crippen molar-refractivity contribution in [3.8, 4) is 0 Å². The zero-order chi connectivity index (χ0) is 19.7. The number of rotatable bonds is 5. The van der Waals surface area contributed by atoms with Gasteiger partial charge in [0.2, 0.25) is 5.91 Å². The van der Waals surface area contributed by atoms with E-state index in [1.54, 1.807) is 0 Å². The van der Waals surface area contributed by atoms with Crippen LogP contribution in [-0.2, 0) is 21.6 Å². The lowest BCUT2D eigenvalue weighted by molar-refractivity contribution is -0.141. The fraction of sp³-hybridized carbons (Fsp3) is 0.591. The molecular weight excluding hydrogens is 352 g/mol. The first-order valence-electron chi connectivity index (χ1n) is 10.3. The van der Waals surface area contributed by atoms with E-state index < -0.39 is 0 Å². The molecule has 2 aromatic rings. The van der Waals surface area contributed by atoms with Gasteiger partial charge in [-0.25, -0.2) is 4.68 Å². The van der Waals surface area contributed by atoms with E-state index in [1.165, 1.54) is 0 Å². The second-order valence-corrected chi connectivity index (χ2v) is 9.12. The Hall–Kier alpha value is -2.21. The van der Waals surface area contributed by atoms with Gasteiger partial charge in [0, 0.05) is 23.7 Å². The molecule has 6 heteroatoms. The number of aromatic nitrogens is 3. The molecule has 1 aromatic heterocycles. The minimum Gasteiger partial charge on any atom is -0.367 e.